The predicted octanol–water partition coefficient (Wildman–Crippen LogP) is -0.419. The third-order valence-corrected chi connectivity index (χ3v) is 3.11. The number of nitrogens with two attached hydrogens (primary N) is 1. The monoisotopic (exact) mass is 271 g/mol. The van der Waals surface area contributed by atoms with E-state index in [1.165, 1.54) is 0 Å². The average Bonchev–Trinajstić information content (AvgIpc) is 2.74. The Labute approximate surface area is 114 Å². The lowest BCUT2D eigenvalue weighted by Gasteiger charge is -2.28. The molecule has 0 spiro atoms. The lowest BCUT2D eigenvalue weighted by Crippen LogP contribution is -2.49. The van der Waals surface area contributed by atoms with Gasteiger partial charge in [0.1, 0.15) is 0 Å². The quantitative estimate of drug-likeness (QED) is 0.659. The van der Waals surface area contributed by atoms with Crippen molar-refractivity contribution in [1.29, 1.82) is 0 Å². The number of amides is 2. The number of primary amides is 1. The molecule has 1 rings (SSSR count). The molecule has 6 nitrogen and oxygen atoms in total. The maximum absolute atomic E-state index is 12.5. The van der Waals surface area contributed by atoms with Gasteiger partial charge in [-0.3, -0.25) is 9.59 Å². The Morgan fingerprint density at radius 2 is 2.11 bits per heavy atom. The zero-order chi connectivity index (χ0) is 14.4. The van der Waals surface area contributed by atoms with Crippen LogP contribution in [0.1, 0.15) is 20.8 Å². The summed E-state index contributed by atoms with van der Waals surface area (Å²) in [6, 6.07) is 0.0278. The Bertz CT molecular complexity index is 320. The van der Waals surface area contributed by atoms with Gasteiger partial charge in [0.2, 0.25) is 11.8 Å². The van der Waals surface area contributed by atoms with Gasteiger partial charge in [0.25, 0.3) is 0 Å². The van der Waals surface area contributed by atoms with Gasteiger partial charge in [-0.05, 0) is 12.5 Å². The molecule has 1 aliphatic heterocycles. The van der Waals surface area contributed by atoms with Gasteiger partial charge in [0.15, 0.2) is 0 Å². The van der Waals surface area contributed by atoms with Crippen LogP contribution in [0.3, 0.4) is 0 Å². The number of carbonyl (C=O) groups excluding carboxylic acids is 2. The summed E-state index contributed by atoms with van der Waals surface area (Å²) in [6.45, 7) is 8.26. The zero-order valence-corrected chi connectivity index (χ0v) is 12.0. The summed E-state index contributed by atoms with van der Waals surface area (Å²) in [5.41, 5.74) is 5.22. The van der Waals surface area contributed by atoms with Crippen LogP contribution in [0.15, 0.2) is 0 Å². The Kier molecular flexibility index (Phi) is 6.24. The summed E-state index contributed by atoms with van der Waals surface area (Å²) in [5.74, 6) is -0.454. The third-order valence-electron chi connectivity index (χ3n) is 3.11. The fourth-order valence-corrected chi connectivity index (χ4v) is 2.36. The molecular weight excluding hydrogens is 246 g/mol. The highest BCUT2D eigenvalue weighted by Gasteiger charge is 2.36. The molecule has 1 fully saturated rings. The predicted molar refractivity (Wildman–Crippen MR) is 72.4 cm³/mol. The van der Waals surface area contributed by atoms with Crippen LogP contribution in [0.2, 0.25) is 0 Å². The number of hydrogen-bond acceptors (Lipinski definition) is 4. The maximum Gasteiger partial charge on any atom is 0.237 e. The highest BCUT2D eigenvalue weighted by atomic mass is 16.5. The summed E-state index contributed by atoms with van der Waals surface area (Å²) >= 11 is 0. The first kappa shape index (κ1) is 15.9. The van der Waals surface area contributed by atoms with E-state index >= 15 is 0 Å². The largest absolute Gasteiger partial charge is 0.379 e. The molecule has 1 saturated heterocycles. The molecule has 0 bridgehead atoms. The van der Waals surface area contributed by atoms with E-state index in [1.54, 1.807) is 4.90 Å². The van der Waals surface area contributed by atoms with Gasteiger partial charge in [-0.1, -0.05) is 20.8 Å². The molecule has 1 aliphatic rings. The standard InChI is InChI=1S/C13H25N3O3/c1-4-15-11-8-19-7-10(11)13(18)16(5-9(2)3)6-12(14)17/h9-11,15H,4-8H2,1-3H3,(H2,14,17). The molecule has 2 unspecified atom stereocenters. The molecule has 0 aromatic rings. The van der Waals surface area contributed by atoms with Gasteiger partial charge in [-0.25, -0.2) is 0 Å². The molecule has 19 heavy (non-hydrogen) atoms. The van der Waals surface area contributed by atoms with E-state index < -0.39 is 5.91 Å². The fraction of sp³-hybridized carbons (Fsp3) is 0.846. The molecule has 0 aliphatic carbocycles. The molecule has 0 saturated carbocycles. The highest BCUT2D eigenvalue weighted by molar-refractivity contribution is 5.85. The molecule has 3 N–H and O–H groups in total. The van der Waals surface area contributed by atoms with Crippen LogP contribution >= 0.6 is 0 Å². The second-order valence-electron chi connectivity index (χ2n) is 5.39. The molecule has 0 radical (unpaired) electrons. The van der Waals surface area contributed by atoms with Gasteiger partial charge < -0.3 is 20.7 Å². The van der Waals surface area contributed by atoms with Crippen molar-refractivity contribution in [3.05, 3.63) is 0 Å². The number of ether oxygens (including phenoxy) is 1. The Hall–Kier alpha value is -1.14. The molecule has 0 aromatic carbocycles. The van der Waals surface area contributed by atoms with Crippen LogP contribution in [0.5, 0.6) is 0 Å². The number of nitrogens with one attached hydrogen (secondary N) is 1. The Balaban J connectivity index is 2.71. The van der Waals surface area contributed by atoms with Gasteiger partial charge >= 0.3 is 0 Å². The Morgan fingerprint density at radius 3 is 2.63 bits per heavy atom. The molecule has 1 heterocycles. The lowest BCUT2D eigenvalue weighted by molar-refractivity contribution is -0.139. The maximum atomic E-state index is 12.5. The van der Waals surface area contributed by atoms with E-state index in [0.717, 1.165) is 6.54 Å². The van der Waals surface area contributed by atoms with Crippen molar-refractivity contribution in [3.63, 3.8) is 0 Å². The minimum absolute atomic E-state index is 0.0215. The fourth-order valence-electron chi connectivity index (χ4n) is 2.36. The molecule has 2 atom stereocenters. The van der Waals surface area contributed by atoms with Crippen LogP contribution in [-0.4, -0.2) is 55.6 Å². The van der Waals surface area contributed by atoms with Crippen molar-refractivity contribution in [1.82, 2.24) is 10.2 Å². The van der Waals surface area contributed by atoms with E-state index in [-0.39, 0.29) is 24.4 Å². The van der Waals surface area contributed by atoms with Crippen molar-refractivity contribution in [2.45, 2.75) is 26.8 Å². The second kappa shape index (κ2) is 7.45. The van der Waals surface area contributed by atoms with E-state index in [0.29, 0.717) is 25.7 Å². The Morgan fingerprint density at radius 1 is 1.42 bits per heavy atom. The van der Waals surface area contributed by atoms with Crippen LogP contribution in [0.25, 0.3) is 0 Å². The SMILES string of the molecule is CCNC1COCC1C(=O)N(CC(N)=O)CC(C)C. The number of likely N-dealkylation sites (N-methyl/N-ethyl adjacent to an activating group) is 1. The molecule has 110 valence electrons. The number of carbonyl (C=O) groups is 2. The topological polar surface area (TPSA) is 84.7 Å². The van der Waals surface area contributed by atoms with Crippen LogP contribution in [0, 0.1) is 11.8 Å². The average molecular weight is 271 g/mol. The van der Waals surface area contributed by atoms with E-state index in [1.807, 2.05) is 20.8 Å². The molecule has 0 aromatic heterocycles. The number of hydrogen-bond donors (Lipinski definition) is 2. The summed E-state index contributed by atoms with van der Waals surface area (Å²) in [4.78, 5) is 25.2. The van der Waals surface area contributed by atoms with Gasteiger partial charge in [-0.2, -0.15) is 0 Å². The van der Waals surface area contributed by atoms with Crippen molar-refractivity contribution in [2.24, 2.45) is 17.6 Å². The second-order valence-corrected chi connectivity index (χ2v) is 5.39. The first-order valence-electron chi connectivity index (χ1n) is 6.83. The van der Waals surface area contributed by atoms with Crippen LogP contribution in [-0.2, 0) is 14.3 Å². The van der Waals surface area contributed by atoms with Crippen molar-refractivity contribution in [3.8, 4) is 0 Å². The third kappa shape index (κ3) is 4.80. The minimum Gasteiger partial charge on any atom is -0.379 e. The van der Waals surface area contributed by atoms with E-state index in [9.17, 15) is 9.59 Å². The molecule has 6 heteroatoms. The summed E-state index contributed by atoms with van der Waals surface area (Å²) < 4.78 is 5.38. The molecule has 2 amide bonds. The summed E-state index contributed by atoms with van der Waals surface area (Å²) in [7, 11) is 0. The minimum atomic E-state index is -0.479. The van der Waals surface area contributed by atoms with Crippen LogP contribution < -0.4 is 11.1 Å². The normalized spacial score (nSPS) is 22.7. The van der Waals surface area contributed by atoms with Crippen molar-refractivity contribution in [2.75, 3.05) is 32.8 Å². The first-order chi connectivity index (χ1) is 8.95. The molecular formula is C13H25N3O3. The van der Waals surface area contributed by atoms with Crippen molar-refractivity contribution < 1.29 is 14.3 Å². The van der Waals surface area contributed by atoms with Gasteiger partial charge in [-0.15, -0.1) is 0 Å². The lowest BCUT2D eigenvalue weighted by atomic mass is 10.0. The number of rotatable bonds is 7. The highest BCUT2D eigenvalue weighted by Crippen LogP contribution is 2.17. The van der Waals surface area contributed by atoms with Gasteiger partial charge in [0.05, 0.1) is 25.7 Å². The smallest absolute Gasteiger partial charge is 0.237 e. The number of nitrogens with zero attached hydrogens (tertiary/aromatic N) is 1. The van der Waals surface area contributed by atoms with Crippen LogP contribution in [0.4, 0.5) is 0 Å². The van der Waals surface area contributed by atoms with Gasteiger partial charge in [0, 0.05) is 12.6 Å². The van der Waals surface area contributed by atoms with E-state index in [4.69, 9.17) is 10.5 Å². The summed E-state index contributed by atoms with van der Waals surface area (Å²) in [5, 5.41) is 3.25. The van der Waals surface area contributed by atoms with Crippen molar-refractivity contribution >= 4 is 11.8 Å². The summed E-state index contributed by atoms with van der Waals surface area (Å²) in [6.07, 6.45) is 0. The van der Waals surface area contributed by atoms with E-state index in [2.05, 4.69) is 5.32 Å². The zero-order valence-electron chi connectivity index (χ0n) is 12.0. The first-order valence-corrected chi connectivity index (χ1v) is 6.83.